The molecule has 0 saturated carbocycles. The minimum atomic E-state index is 0.0279. The third-order valence-corrected chi connectivity index (χ3v) is 2.32. The summed E-state index contributed by atoms with van der Waals surface area (Å²) in [5, 5.41) is 17.4. The molecule has 0 aliphatic rings. The molecule has 0 unspecified atom stereocenters. The molecule has 102 valence electrons. The van der Waals surface area contributed by atoms with Gasteiger partial charge in [0.25, 0.3) is 0 Å². The summed E-state index contributed by atoms with van der Waals surface area (Å²) in [6.45, 7) is 4.18. The van der Waals surface area contributed by atoms with Gasteiger partial charge in [-0.05, 0) is 23.8 Å². The summed E-state index contributed by atoms with van der Waals surface area (Å²) in [6.07, 6.45) is 2.83. The second kappa shape index (κ2) is 8.23. The summed E-state index contributed by atoms with van der Waals surface area (Å²) < 4.78 is 15.7. The fourth-order valence-electron chi connectivity index (χ4n) is 1.43. The monoisotopic (exact) mass is 270 g/mol. The van der Waals surface area contributed by atoms with Crippen molar-refractivity contribution in [2.45, 2.75) is 0 Å². The van der Waals surface area contributed by atoms with E-state index in [1.54, 1.807) is 30.3 Å². The van der Waals surface area contributed by atoms with E-state index in [0.29, 0.717) is 30.3 Å². The maximum absolute atomic E-state index is 8.72. The van der Waals surface area contributed by atoms with E-state index in [0.717, 1.165) is 0 Å². The van der Waals surface area contributed by atoms with Crippen molar-refractivity contribution in [1.29, 1.82) is 10.5 Å². The first-order valence-corrected chi connectivity index (χ1v) is 5.80. The lowest BCUT2D eigenvalue weighted by molar-refractivity contribution is 0.176. The predicted octanol–water partition coefficient (Wildman–Crippen LogP) is 2.66. The number of methoxy groups -OCH3 is 1. The van der Waals surface area contributed by atoms with Gasteiger partial charge in [0.1, 0.15) is 30.9 Å². The number of nitriles is 2. The zero-order valence-electron chi connectivity index (χ0n) is 11.1. The van der Waals surface area contributed by atoms with E-state index in [1.807, 2.05) is 0 Å². The number of hydrogen-bond acceptors (Lipinski definition) is 5. The summed E-state index contributed by atoms with van der Waals surface area (Å²) in [7, 11) is 1.52. The van der Waals surface area contributed by atoms with E-state index >= 15 is 0 Å². The Morgan fingerprint density at radius 1 is 1.25 bits per heavy atom. The van der Waals surface area contributed by atoms with Gasteiger partial charge in [0, 0.05) is 0 Å². The smallest absolute Gasteiger partial charge is 0.161 e. The lowest BCUT2D eigenvalue weighted by Crippen LogP contribution is -2.04. The van der Waals surface area contributed by atoms with Gasteiger partial charge in [0.2, 0.25) is 0 Å². The Morgan fingerprint density at radius 3 is 2.60 bits per heavy atom. The van der Waals surface area contributed by atoms with Crippen molar-refractivity contribution < 1.29 is 14.2 Å². The van der Waals surface area contributed by atoms with Crippen molar-refractivity contribution in [3.63, 3.8) is 0 Å². The van der Waals surface area contributed by atoms with E-state index < -0.39 is 0 Å². The van der Waals surface area contributed by atoms with Crippen LogP contribution in [0.4, 0.5) is 0 Å². The molecular formula is C15H14N2O3. The molecule has 0 atom stereocenters. The number of rotatable bonds is 7. The van der Waals surface area contributed by atoms with Crippen molar-refractivity contribution >= 4 is 6.08 Å². The maximum atomic E-state index is 8.72. The van der Waals surface area contributed by atoms with Crippen LogP contribution < -0.4 is 9.47 Å². The largest absolute Gasteiger partial charge is 0.498 e. The van der Waals surface area contributed by atoms with Crippen molar-refractivity contribution in [1.82, 2.24) is 0 Å². The second-order valence-electron chi connectivity index (χ2n) is 3.58. The summed E-state index contributed by atoms with van der Waals surface area (Å²) in [5.41, 5.74) is 0.717. The molecule has 5 nitrogen and oxygen atoms in total. The van der Waals surface area contributed by atoms with Gasteiger partial charge in [-0.15, -0.1) is 0 Å². The fourth-order valence-corrected chi connectivity index (χ4v) is 1.43. The Morgan fingerprint density at radius 2 is 2.00 bits per heavy atom. The average molecular weight is 270 g/mol. The molecule has 0 aliphatic carbocycles. The van der Waals surface area contributed by atoms with Gasteiger partial charge in [0.15, 0.2) is 11.5 Å². The highest BCUT2D eigenvalue weighted by Crippen LogP contribution is 2.28. The number of benzene rings is 1. The summed E-state index contributed by atoms with van der Waals surface area (Å²) in [4.78, 5) is 0. The molecule has 0 bridgehead atoms. The van der Waals surface area contributed by atoms with Crippen LogP contribution in [-0.2, 0) is 4.74 Å². The average Bonchev–Trinajstić information content (AvgIpc) is 2.49. The molecule has 0 aromatic heterocycles. The van der Waals surface area contributed by atoms with E-state index in [1.165, 1.54) is 19.4 Å². The topological polar surface area (TPSA) is 75.3 Å². The Balaban J connectivity index is 2.86. The molecule has 5 heteroatoms. The van der Waals surface area contributed by atoms with Crippen LogP contribution in [0.25, 0.3) is 6.08 Å². The lowest BCUT2D eigenvalue weighted by Gasteiger charge is -2.11. The standard InChI is InChI=1S/C15H14N2O3/c1-3-19-6-7-20-14-5-4-12(9-15(14)18-2)8-13(10-16)11-17/h3-5,8-9H,1,6-7H2,2H3. The molecule has 0 saturated heterocycles. The minimum Gasteiger partial charge on any atom is -0.498 e. The third-order valence-electron chi connectivity index (χ3n) is 2.32. The Bertz CT molecular complexity index is 564. The van der Waals surface area contributed by atoms with Crippen LogP contribution in [-0.4, -0.2) is 20.3 Å². The lowest BCUT2D eigenvalue weighted by atomic mass is 10.1. The summed E-state index contributed by atoms with van der Waals surface area (Å²) in [6, 6.07) is 8.75. The van der Waals surface area contributed by atoms with Gasteiger partial charge in [-0.3, -0.25) is 0 Å². The zero-order valence-corrected chi connectivity index (χ0v) is 11.1. The molecule has 0 aliphatic heterocycles. The quantitative estimate of drug-likeness (QED) is 0.432. The molecular weight excluding hydrogens is 256 g/mol. The first-order valence-electron chi connectivity index (χ1n) is 5.80. The highest BCUT2D eigenvalue weighted by molar-refractivity contribution is 5.64. The summed E-state index contributed by atoms with van der Waals surface area (Å²) in [5.74, 6) is 1.08. The van der Waals surface area contributed by atoms with Crippen molar-refractivity contribution in [3.05, 3.63) is 42.2 Å². The molecule has 0 spiro atoms. The highest BCUT2D eigenvalue weighted by atomic mass is 16.5. The van der Waals surface area contributed by atoms with Crippen LogP contribution in [0.5, 0.6) is 11.5 Å². The third kappa shape index (κ3) is 4.40. The highest BCUT2D eigenvalue weighted by Gasteiger charge is 2.05. The maximum Gasteiger partial charge on any atom is 0.161 e. The molecule has 0 amide bonds. The van der Waals surface area contributed by atoms with Gasteiger partial charge in [-0.25, -0.2) is 0 Å². The normalized spacial score (nSPS) is 8.75. The number of nitrogens with zero attached hydrogens (tertiary/aromatic N) is 2. The van der Waals surface area contributed by atoms with Gasteiger partial charge >= 0.3 is 0 Å². The molecule has 1 rings (SSSR count). The fraction of sp³-hybridized carbons (Fsp3) is 0.200. The van der Waals surface area contributed by atoms with Gasteiger partial charge < -0.3 is 14.2 Å². The SMILES string of the molecule is C=COCCOc1ccc(C=C(C#N)C#N)cc1OC. The number of ether oxygens (including phenoxy) is 3. The van der Waals surface area contributed by atoms with Crippen LogP contribution in [0.2, 0.25) is 0 Å². The van der Waals surface area contributed by atoms with Gasteiger partial charge in [-0.1, -0.05) is 12.6 Å². The van der Waals surface area contributed by atoms with Crippen molar-refractivity contribution in [3.8, 4) is 23.6 Å². The predicted molar refractivity (Wildman–Crippen MR) is 73.8 cm³/mol. The molecule has 20 heavy (non-hydrogen) atoms. The van der Waals surface area contributed by atoms with Crippen LogP contribution in [0, 0.1) is 22.7 Å². The molecule has 1 aromatic carbocycles. The van der Waals surface area contributed by atoms with E-state index in [-0.39, 0.29) is 5.57 Å². The molecule has 1 aromatic rings. The Labute approximate surface area is 117 Å². The number of hydrogen-bond donors (Lipinski definition) is 0. The number of allylic oxidation sites excluding steroid dienone is 1. The second-order valence-corrected chi connectivity index (χ2v) is 3.58. The Kier molecular flexibility index (Phi) is 6.23. The Hall–Kier alpha value is -2.92. The van der Waals surface area contributed by atoms with Crippen molar-refractivity contribution in [2.24, 2.45) is 0 Å². The van der Waals surface area contributed by atoms with Crippen LogP contribution in [0.15, 0.2) is 36.6 Å². The first kappa shape index (κ1) is 15.1. The zero-order chi connectivity index (χ0) is 14.8. The van der Waals surface area contributed by atoms with Gasteiger partial charge in [0.05, 0.1) is 13.4 Å². The van der Waals surface area contributed by atoms with E-state index in [2.05, 4.69) is 6.58 Å². The van der Waals surface area contributed by atoms with Crippen LogP contribution in [0.3, 0.4) is 0 Å². The van der Waals surface area contributed by atoms with E-state index in [4.69, 9.17) is 24.7 Å². The molecule has 0 radical (unpaired) electrons. The van der Waals surface area contributed by atoms with Crippen LogP contribution >= 0.6 is 0 Å². The molecule has 0 N–H and O–H groups in total. The summed E-state index contributed by atoms with van der Waals surface area (Å²) >= 11 is 0. The molecule has 0 fully saturated rings. The van der Waals surface area contributed by atoms with E-state index in [9.17, 15) is 0 Å². The minimum absolute atomic E-state index is 0.0279. The first-order chi connectivity index (χ1) is 9.74. The molecule has 0 heterocycles. The van der Waals surface area contributed by atoms with Crippen molar-refractivity contribution in [2.75, 3.05) is 20.3 Å². The van der Waals surface area contributed by atoms with Gasteiger partial charge in [-0.2, -0.15) is 10.5 Å². The van der Waals surface area contributed by atoms with Crippen LogP contribution in [0.1, 0.15) is 5.56 Å².